The molecule has 1 N–H and O–H groups in total. The number of nitrogens with zero attached hydrogens (tertiary/aromatic N) is 1. The van der Waals surface area contributed by atoms with Crippen molar-refractivity contribution in [3.8, 4) is 0 Å². The van der Waals surface area contributed by atoms with E-state index in [1.807, 2.05) is 13.8 Å². The predicted octanol–water partition coefficient (Wildman–Crippen LogP) is 5.82. The Hall–Kier alpha value is -2.04. The Labute approximate surface area is 195 Å². The maximum atomic E-state index is 13.2. The Morgan fingerprint density at radius 3 is 2.10 bits per heavy atom. The molecule has 0 bridgehead atoms. The molecule has 0 aliphatic heterocycles. The van der Waals surface area contributed by atoms with E-state index in [4.69, 9.17) is 23.2 Å². The van der Waals surface area contributed by atoms with E-state index in [9.17, 15) is 9.59 Å². The van der Waals surface area contributed by atoms with Crippen molar-refractivity contribution in [3.05, 3.63) is 69.2 Å². The van der Waals surface area contributed by atoms with Gasteiger partial charge in [0.1, 0.15) is 6.04 Å². The second kappa shape index (κ2) is 12.1. The lowest BCUT2D eigenvalue weighted by atomic mass is 10.0. The molecule has 2 unspecified atom stereocenters. The van der Waals surface area contributed by atoms with E-state index in [1.165, 1.54) is 5.56 Å². The van der Waals surface area contributed by atoms with Crippen LogP contribution in [0.3, 0.4) is 0 Å². The molecule has 0 saturated carbocycles. The topological polar surface area (TPSA) is 49.4 Å². The highest BCUT2D eigenvalue weighted by atomic mass is 35.5. The maximum absolute atomic E-state index is 13.2. The molecular weight excluding hydrogens is 431 g/mol. The lowest BCUT2D eigenvalue weighted by Crippen LogP contribution is -2.49. The Morgan fingerprint density at radius 1 is 0.968 bits per heavy atom. The first-order valence-corrected chi connectivity index (χ1v) is 11.6. The highest BCUT2D eigenvalue weighted by molar-refractivity contribution is 6.36. The molecule has 2 atom stereocenters. The summed E-state index contributed by atoms with van der Waals surface area (Å²) in [6, 6.07) is 12.9. The number of hydrogen-bond donors (Lipinski definition) is 1. The van der Waals surface area contributed by atoms with E-state index in [1.54, 1.807) is 30.0 Å². The summed E-state index contributed by atoms with van der Waals surface area (Å²) >= 11 is 12.7. The number of carbonyl (C=O) groups excluding carboxylic acids is 2. The van der Waals surface area contributed by atoms with Gasteiger partial charge in [-0.05, 0) is 56.4 Å². The van der Waals surface area contributed by atoms with Crippen LogP contribution in [0.2, 0.25) is 10.0 Å². The largest absolute Gasteiger partial charge is 0.352 e. The van der Waals surface area contributed by atoms with Crippen molar-refractivity contribution >= 4 is 35.0 Å². The summed E-state index contributed by atoms with van der Waals surface area (Å²) < 4.78 is 0. The Kier molecular flexibility index (Phi) is 9.86. The number of rotatable bonds is 10. The van der Waals surface area contributed by atoms with Gasteiger partial charge < -0.3 is 10.2 Å². The van der Waals surface area contributed by atoms with E-state index >= 15 is 0 Å². The van der Waals surface area contributed by atoms with Crippen LogP contribution in [0.4, 0.5) is 0 Å². The van der Waals surface area contributed by atoms with Crippen LogP contribution < -0.4 is 5.32 Å². The summed E-state index contributed by atoms with van der Waals surface area (Å²) in [5, 5.41) is 3.93. The summed E-state index contributed by atoms with van der Waals surface area (Å²) in [4.78, 5) is 27.6. The van der Waals surface area contributed by atoms with Crippen molar-refractivity contribution in [2.75, 3.05) is 0 Å². The van der Waals surface area contributed by atoms with Gasteiger partial charge in [-0.25, -0.2) is 0 Å². The molecule has 0 aliphatic rings. The van der Waals surface area contributed by atoms with Gasteiger partial charge in [-0.3, -0.25) is 9.59 Å². The first-order valence-electron chi connectivity index (χ1n) is 10.9. The van der Waals surface area contributed by atoms with Gasteiger partial charge in [0.05, 0.1) is 0 Å². The lowest BCUT2D eigenvalue weighted by Gasteiger charge is -2.30. The Bertz CT molecular complexity index is 863. The zero-order chi connectivity index (χ0) is 23.0. The highest BCUT2D eigenvalue weighted by Crippen LogP contribution is 2.27. The molecule has 0 aromatic heterocycles. The number of amides is 2. The molecule has 0 spiro atoms. The molecule has 2 aromatic carbocycles. The van der Waals surface area contributed by atoms with Gasteiger partial charge in [0, 0.05) is 34.6 Å². The van der Waals surface area contributed by atoms with Crippen LogP contribution in [0, 0.1) is 0 Å². The van der Waals surface area contributed by atoms with Gasteiger partial charge in [-0.15, -0.1) is 0 Å². The lowest BCUT2D eigenvalue weighted by molar-refractivity contribution is -0.140. The molecular formula is C25H32Cl2N2O2. The zero-order valence-electron chi connectivity index (χ0n) is 18.8. The Morgan fingerprint density at radius 2 is 1.55 bits per heavy atom. The molecule has 4 nitrogen and oxygen atoms in total. The molecule has 2 amide bonds. The molecule has 0 heterocycles. The molecule has 0 fully saturated rings. The third kappa shape index (κ3) is 7.26. The monoisotopic (exact) mass is 462 g/mol. The minimum Gasteiger partial charge on any atom is -0.352 e. The summed E-state index contributed by atoms with van der Waals surface area (Å²) in [6.07, 6.45) is 2.70. The number of carbonyl (C=O) groups is 2. The van der Waals surface area contributed by atoms with E-state index < -0.39 is 6.04 Å². The van der Waals surface area contributed by atoms with Crippen LogP contribution in [0.25, 0.3) is 0 Å². The number of benzene rings is 2. The standard InChI is InChI=1S/C25H32Cl2N2O2/c1-5-17(3)28-25(31)18(4)29(16-21-22(26)8-7-9-23(21)27)24(30)15-14-20-12-10-19(6-2)11-13-20/h7-13,17-18H,5-6,14-16H2,1-4H3,(H,28,31). The van der Waals surface area contributed by atoms with Gasteiger partial charge in [0.2, 0.25) is 11.8 Å². The van der Waals surface area contributed by atoms with Crippen LogP contribution in [0.5, 0.6) is 0 Å². The molecule has 168 valence electrons. The normalized spacial score (nSPS) is 12.8. The second-order valence-corrected chi connectivity index (χ2v) is 8.70. The summed E-state index contributed by atoms with van der Waals surface area (Å²) in [5.74, 6) is -0.291. The van der Waals surface area contributed by atoms with E-state index in [0.717, 1.165) is 18.4 Å². The molecule has 0 aliphatic carbocycles. The van der Waals surface area contributed by atoms with Crippen LogP contribution in [-0.2, 0) is 29.0 Å². The SMILES string of the molecule is CCc1ccc(CCC(=O)N(Cc2c(Cl)cccc2Cl)C(C)C(=O)NC(C)CC)cc1. The third-order valence-corrected chi connectivity index (χ3v) is 6.33. The molecule has 0 radical (unpaired) electrons. The minimum absolute atomic E-state index is 0.0351. The van der Waals surface area contributed by atoms with Crippen LogP contribution in [0.15, 0.2) is 42.5 Å². The fraction of sp³-hybridized carbons (Fsp3) is 0.440. The van der Waals surface area contributed by atoms with Gasteiger partial charge in [0.15, 0.2) is 0 Å². The molecule has 6 heteroatoms. The third-order valence-electron chi connectivity index (χ3n) is 5.62. The van der Waals surface area contributed by atoms with E-state index in [-0.39, 0.29) is 24.4 Å². The second-order valence-electron chi connectivity index (χ2n) is 7.89. The maximum Gasteiger partial charge on any atom is 0.242 e. The first-order chi connectivity index (χ1) is 14.8. The highest BCUT2D eigenvalue weighted by Gasteiger charge is 2.27. The average Bonchev–Trinajstić information content (AvgIpc) is 2.77. The summed E-state index contributed by atoms with van der Waals surface area (Å²) in [7, 11) is 0. The molecule has 2 aromatic rings. The number of hydrogen-bond acceptors (Lipinski definition) is 2. The molecule has 31 heavy (non-hydrogen) atoms. The van der Waals surface area contributed by atoms with Crippen LogP contribution in [-0.4, -0.2) is 28.8 Å². The van der Waals surface area contributed by atoms with Crippen molar-refractivity contribution in [2.24, 2.45) is 0 Å². The molecule has 0 saturated heterocycles. The van der Waals surface area contributed by atoms with Crippen LogP contribution in [0.1, 0.15) is 57.2 Å². The van der Waals surface area contributed by atoms with Crippen LogP contribution >= 0.6 is 23.2 Å². The average molecular weight is 463 g/mol. The fourth-order valence-corrected chi connectivity index (χ4v) is 3.76. The van der Waals surface area contributed by atoms with E-state index in [2.05, 4.69) is 36.5 Å². The number of aryl methyl sites for hydroxylation is 2. The smallest absolute Gasteiger partial charge is 0.242 e. The first kappa shape index (κ1) is 25.2. The van der Waals surface area contributed by atoms with Crippen molar-refractivity contribution in [1.29, 1.82) is 0 Å². The number of nitrogens with one attached hydrogen (secondary N) is 1. The van der Waals surface area contributed by atoms with Gasteiger partial charge in [-0.1, -0.05) is 67.4 Å². The van der Waals surface area contributed by atoms with Crippen molar-refractivity contribution in [2.45, 2.75) is 72.0 Å². The summed E-state index contributed by atoms with van der Waals surface area (Å²) in [6.45, 7) is 7.99. The van der Waals surface area contributed by atoms with Crippen molar-refractivity contribution in [1.82, 2.24) is 10.2 Å². The van der Waals surface area contributed by atoms with Gasteiger partial charge >= 0.3 is 0 Å². The van der Waals surface area contributed by atoms with E-state index in [0.29, 0.717) is 28.5 Å². The predicted molar refractivity (Wildman–Crippen MR) is 129 cm³/mol. The van der Waals surface area contributed by atoms with Crippen molar-refractivity contribution in [3.63, 3.8) is 0 Å². The van der Waals surface area contributed by atoms with Gasteiger partial charge in [0.25, 0.3) is 0 Å². The quantitative estimate of drug-likeness (QED) is 0.483. The fourth-order valence-electron chi connectivity index (χ4n) is 3.24. The Balaban J connectivity index is 2.20. The summed E-state index contributed by atoms with van der Waals surface area (Å²) in [5.41, 5.74) is 3.01. The number of halogens is 2. The molecule has 2 rings (SSSR count). The zero-order valence-corrected chi connectivity index (χ0v) is 20.3. The van der Waals surface area contributed by atoms with Crippen molar-refractivity contribution < 1.29 is 9.59 Å². The van der Waals surface area contributed by atoms with Gasteiger partial charge in [-0.2, -0.15) is 0 Å². The minimum atomic E-state index is -0.642.